The Kier molecular flexibility index (Phi) is 4.81. The molecule has 0 spiro atoms. The lowest BCUT2D eigenvalue weighted by Crippen LogP contribution is -2.35. The standard InChI is InChI=1S/C14H21ClN4O/c1-3-4-7-19(8-11(16)20)14-9(2)12(15)17-13(18-14)10-5-6-10/h10H,3-8H2,1-2H3,(H2,16,20). The average molecular weight is 297 g/mol. The van der Waals surface area contributed by atoms with Crippen molar-refractivity contribution >= 4 is 23.3 Å². The summed E-state index contributed by atoms with van der Waals surface area (Å²) in [5.41, 5.74) is 6.16. The molecule has 1 amide bonds. The molecule has 0 bridgehead atoms. The van der Waals surface area contributed by atoms with Crippen LogP contribution in [0.2, 0.25) is 5.15 Å². The first-order valence-electron chi connectivity index (χ1n) is 7.10. The lowest BCUT2D eigenvalue weighted by Gasteiger charge is -2.24. The Morgan fingerprint density at radius 2 is 2.15 bits per heavy atom. The van der Waals surface area contributed by atoms with E-state index in [-0.39, 0.29) is 12.5 Å². The van der Waals surface area contributed by atoms with Crippen LogP contribution < -0.4 is 10.6 Å². The minimum absolute atomic E-state index is 0.165. The number of carbonyl (C=O) groups is 1. The van der Waals surface area contributed by atoms with Crippen LogP contribution in [0.4, 0.5) is 5.82 Å². The summed E-state index contributed by atoms with van der Waals surface area (Å²) in [7, 11) is 0. The Morgan fingerprint density at radius 1 is 1.45 bits per heavy atom. The Labute approximate surface area is 124 Å². The average Bonchev–Trinajstić information content (AvgIpc) is 3.21. The summed E-state index contributed by atoms with van der Waals surface area (Å²) < 4.78 is 0. The molecule has 1 aromatic heterocycles. The van der Waals surface area contributed by atoms with Crippen molar-refractivity contribution in [3.8, 4) is 0 Å². The third kappa shape index (κ3) is 3.60. The van der Waals surface area contributed by atoms with Gasteiger partial charge in [0.05, 0.1) is 6.54 Å². The summed E-state index contributed by atoms with van der Waals surface area (Å²) in [5, 5.41) is 0.475. The number of nitrogens with zero attached hydrogens (tertiary/aromatic N) is 3. The first-order chi connectivity index (χ1) is 9.52. The molecule has 0 aromatic carbocycles. The monoisotopic (exact) mass is 296 g/mol. The Morgan fingerprint density at radius 3 is 2.70 bits per heavy atom. The first-order valence-corrected chi connectivity index (χ1v) is 7.48. The van der Waals surface area contributed by atoms with E-state index in [1.165, 1.54) is 0 Å². The Hall–Kier alpha value is -1.36. The third-order valence-electron chi connectivity index (χ3n) is 3.45. The highest BCUT2D eigenvalue weighted by Crippen LogP contribution is 2.39. The molecule has 2 rings (SSSR count). The number of aromatic nitrogens is 2. The zero-order valence-electron chi connectivity index (χ0n) is 12.0. The largest absolute Gasteiger partial charge is 0.368 e. The van der Waals surface area contributed by atoms with Crippen LogP contribution in [0.5, 0.6) is 0 Å². The van der Waals surface area contributed by atoms with Gasteiger partial charge in [-0.1, -0.05) is 24.9 Å². The molecule has 0 unspecified atom stereocenters. The van der Waals surface area contributed by atoms with Gasteiger partial charge in [-0.2, -0.15) is 0 Å². The number of hydrogen-bond donors (Lipinski definition) is 1. The maximum Gasteiger partial charge on any atom is 0.236 e. The van der Waals surface area contributed by atoms with Crippen LogP contribution in [0.3, 0.4) is 0 Å². The summed E-state index contributed by atoms with van der Waals surface area (Å²) in [6.45, 7) is 4.90. The smallest absolute Gasteiger partial charge is 0.236 e. The van der Waals surface area contributed by atoms with Crippen molar-refractivity contribution in [2.45, 2.75) is 45.4 Å². The number of unbranched alkanes of at least 4 members (excludes halogenated alkanes) is 1. The van der Waals surface area contributed by atoms with Gasteiger partial charge in [0.1, 0.15) is 16.8 Å². The molecule has 2 N–H and O–H groups in total. The molecule has 1 aromatic rings. The van der Waals surface area contributed by atoms with E-state index in [4.69, 9.17) is 17.3 Å². The van der Waals surface area contributed by atoms with Gasteiger partial charge >= 0.3 is 0 Å². The van der Waals surface area contributed by atoms with Gasteiger partial charge in [-0.15, -0.1) is 0 Å². The van der Waals surface area contributed by atoms with Gasteiger partial charge in [0.2, 0.25) is 5.91 Å². The molecule has 1 fully saturated rings. The van der Waals surface area contributed by atoms with E-state index in [0.29, 0.717) is 11.1 Å². The normalized spacial score (nSPS) is 14.3. The van der Waals surface area contributed by atoms with Crippen molar-refractivity contribution < 1.29 is 4.79 Å². The van der Waals surface area contributed by atoms with Gasteiger partial charge in [0.15, 0.2) is 0 Å². The van der Waals surface area contributed by atoms with Gasteiger partial charge in [-0.05, 0) is 26.2 Å². The van der Waals surface area contributed by atoms with Crippen LogP contribution in [0.1, 0.15) is 49.9 Å². The van der Waals surface area contributed by atoms with Crippen LogP contribution in [0.25, 0.3) is 0 Å². The summed E-state index contributed by atoms with van der Waals surface area (Å²) in [6.07, 6.45) is 4.25. The molecule has 1 aliphatic rings. The van der Waals surface area contributed by atoms with E-state index < -0.39 is 0 Å². The number of halogens is 1. The zero-order chi connectivity index (χ0) is 14.7. The predicted molar refractivity (Wildman–Crippen MR) is 80.1 cm³/mol. The highest BCUT2D eigenvalue weighted by atomic mass is 35.5. The fraction of sp³-hybridized carbons (Fsp3) is 0.643. The second kappa shape index (κ2) is 6.39. The quantitative estimate of drug-likeness (QED) is 0.784. The third-order valence-corrected chi connectivity index (χ3v) is 3.82. The van der Waals surface area contributed by atoms with E-state index >= 15 is 0 Å². The first kappa shape index (κ1) is 15.0. The minimum atomic E-state index is -0.358. The Balaban J connectivity index is 2.31. The Bertz CT molecular complexity index is 502. The molecular formula is C14H21ClN4O. The van der Waals surface area contributed by atoms with Gasteiger partial charge in [-0.3, -0.25) is 4.79 Å². The number of hydrogen-bond acceptors (Lipinski definition) is 4. The number of anilines is 1. The van der Waals surface area contributed by atoms with Crippen LogP contribution in [0, 0.1) is 6.92 Å². The molecule has 0 radical (unpaired) electrons. The lowest BCUT2D eigenvalue weighted by atomic mass is 10.2. The topological polar surface area (TPSA) is 72.1 Å². The molecule has 0 saturated heterocycles. The van der Waals surface area contributed by atoms with E-state index in [0.717, 1.165) is 49.4 Å². The van der Waals surface area contributed by atoms with Crippen LogP contribution in [0.15, 0.2) is 0 Å². The summed E-state index contributed by atoms with van der Waals surface area (Å²) in [5.74, 6) is 1.61. The molecule has 0 aliphatic heterocycles. The molecule has 6 heteroatoms. The molecule has 1 aliphatic carbocycles. The molecule has 1 heterocycles. The molecule has 20 heavy (non-hydrogen) atoms. The van der Waals surface area contributed by atoms with Crippen molar-refractivity contribution in [2.24, 2.45) is 5.73 Å². The fourth-order valence-corrected chi connectivity index (χ4v) is 2.29. The minimum Gasteiger partial charge on any atom is -0.368 e. The predicted octanol–water partition coefficient (Wildman–Crippen LogP) is 2.41. The SMILES string of the molecule is CCCCN(CC(N)=O)c1nc(C2CC2)nc(Cl)c1C. The molecular weight excluding hydrogens is 276 g/mol. The van der Waals surface area contributed by atoms with E-state index in [1.807, 2.05) is 11.8 Å². The number of amides is 1. The van der Waals surface area contributed by atoms with Gasteiger partial charge in [0, 0.05) is 18.0 Å². The number of rotatable bonds is 7. The number of carbonyl (C=O) groups excluding carboxylic acids is 1. The highest BCUT2D eigenvalue weighted by Gasteiger charge is 2.29. The van der Waals surface area contributed by atoms with Crippen LogP contribution >= 0.6 is 11.6 Å². The van der Waals surface area contributed by atoms with E-state index in [1.54, 1.807) is 0 Å². The molecule has 110 valence electrons. The second-order valence-corrected chi connectivity index (χ2v) is 5.69. The maximum absolute atomic E-state index is 11.3. The number of primary amides is 1. The van der Waals surface area contributed by atoms with E-state index in [9.17, 15) is 4.79 Å². The van der Waals surface area contributed by atoms with Gasteiger partial charge in [0.25, 0.3) is 0 Å². The van der Waals surface area contributed by atoms with Crippen molar-refractivity contribution in [1.29, 1.82) is 0 Å². The van der Waals surface area contributed by atoms with Crippen molar-refractivity contribution in [1.82, 2.24) is 9.97 Å². The van der Waals surface area contributed by atoms with Gasteiger partial charge in [-0.25, -0.2) is 9.97 Å². The van der Waals surface area contributed by atoms with Crippen molar-refractivity contribution in [2.75, 3.05) is 18.0 Å². The second-order valence-electron chi connectivity index (χ2n) is 5.34. The summed E-state index contributed by atoms with van der Waals surface area (Å²) in [6, 6.07) is 0. The fourth-order valence-electron chi connectivity index (χ4n) is 2.12. The maximum atomic E-state index is 11.3. The van der Waals surface area contributed by atoms with Crippen LogP contribution in [-0.4, -0.2) is 29.0 Å². The van der Waals surface area contributed by atoms with Gasteiger partial charge < -0.3 is 10.6 Å². The zero-order valence-corrected chi connectivity index (χ0v) is 12.8. The summed E-state index contributed by atoms with van der Waals surface area (Å²) >= 11 is 6.21. The summed E-state index contributed by atoms with van der Waals surface area (Å²) in [4.78, 5) is 22.2. The molecule has 0 atom stereocenters. The molecule has 1 saturated carbocycles. The molecule has 5 nitrogen and oxygen atoms in total. The van der Waals surface area contributed by atoms with Crippen LogP contribution in [-0.2, 0) is 4.79 Å². The van der Waals surface area contributed by atoms with E-state index in [2.05, 4.69) is 16.9 Å². The van der Waals surface area contributed by atoms with Crippen molar-refractivity contribution in [3.63, 3.8) is 0 Å². The van der Waals surface area contributed by atoms with Crippen molar-refractivity contribution in [3.05, 3.63) is 16.5 Å². The number of nitrogens with two attached hydrogens (primary N) is 1. The lowest BCUT2D eigenvalue weighted by molar-refractivity contribution is -0.116. The highest BCUT2D eigenvalue weighted by molar-refractivity contribution is 6.30.